The monoisotopic (exact) mass is 279 g/mol. The zero-order valence-corrected chi connectivity index (χ0v) is 12.6. The zero-order chi connectivity index (χ0) is 14.2. The van der Waals surface area contributed by atoms with Gasteiger partial charge in [-0.1, -0.05) is 11.3 Å². The maximum atomic E-state index is 11.4. The summed E-state index contributed by atoms with van der Waals surface area (Å²) < 4.78 is 6.52. The van der Waals surface area contributed by atoms with Crippen molar-refractivity contribution in [2.75, 3.05) is 7.11 Å². The number of aromatic nitrogens is 3. The van der Waals surface area contributed by atoms with Crippen molar-refractivity contribution in [3.05, 3.63) is 27.5 Å². The first-order valence-corrected chi connectivity index (χ1v) is 6.82. The Bertz CT molecular complexity index is 609. The summed E-state index contributed by atoms with van der Waals surface area (Å²) in [4.78, 5) is 17.1. The molecule has 19 heavy (non-hydrogen) atoms. The summed E-state index contributed by atoms with van der Waals surface area (Å²) in [5, 5.41) is 5.32. The maximum Gasteiger partial charge on any atom is 0.310 e. The molecule has 5 nitrogen and oxygen atoms in total. The number of methoxy groups -OCH3 is 1. The summed E-state index contributed by atoms with van der Waals surface area (Å²) in [6, 6.07) is 0. The minimum Gasteiger partial charge on any atom is -0.469 e. The number of nitrogens with zero attached hydrogens (tertiary/aromatic N) is 3. The summed E-state index contributed by atoms with van der Waals surface area (Å²) >= 11 is 1.60. The Balaban J connectivity index is 2.43. The van der Waals surface area contributed by atoms with Gasteiger partial charge in [0, 0.05) is 16.1 Å². The quantitative estimate of drug-likeness (QED) is 0.809. The van der Waals surface area contributed by atoms with Crippen LogP contribution in [0.3, 0.4) is 0 Å². The molecule has 0 atom stereocenters. The Labute approximate surface area is 116 Å². The third kappa shape index (κ3) is 2.53. The smallest absolute Gasteiger partial charge is 0.310 e. The second kappa shape index (κ2) is 5.13. The minimum absolute atomic E-state index is 0.248. The molecule has 2 aromatic heterocycles. The Morgan fingerprint density at radius 2 is 1.95 bits per heavy atom. The van der Waals surface area contributed by atoms with Crippen molar-refractivity contribution >= 4 is 17.3 Å². The molecular weight excluding hydrogens is 262 g/mol. The lowest BCUT2D eigenvalue weighted by Crippen LogP contribution is -2.06. The van der Waals surface area contributed by atoms with Gasteiger partial charge in [0.25, 0.3) is 0 Å². The van der Waals surface area contributed by atoms with E-state index in [0.717, 1.165) is 27.8 Å². The molecule has 0 fully saturated rings. The van der Waals surface area contributed by atoms with Gasteiger partial charge >= 0.3 is 5.97 Å². The lowest BCUT2D eigenvalue weighted by molar-refractivity contribution is -0.139. The molecule has 0 bridgehead atoms. The fraction of sp³-hybridized carbons (Fsp3) is 0.462. The van der Waals surface area contributed by atoms with Crippen LogP contribution in [0.15, 0.2) is 0 Å². The van der Waals surface area contributed by atoms with Crippen molar-refractivity contribution in [3.8, 4) is 5.13 Å². The lowest BCUT2D eigenvalue weighted by atomic mass is 10.1. The molecule has 2 aromatic rings. The number of ether oxygens (including phenoxy) is 1. The number of rotatable bonds is 3. The fourth-order valence-electron chi connectivity index (χ4n) is 1.88. The number of hydrogen-bond acceptors (Lipinski definition) is 5. The van der Waals surface area contributed by atoms with E-state index < -0.39 is 0 Å². The summed E-state index contributed by atoms with van der Waals surface area (Å²) in [5.41, 5.74) is 3.71. The molecule has 6 heteroatoms. The number of thiazole rings is 1. The number of carbonyl (C=O) groups excluding carboxylic acids is 1. The standard InChI is InChI=1S/C13H17N3O2S/c1-7-10(4)19-13(14-7)16-9(3)11(8(2)15-16)6-12(17)18-5/h6H2,1-5H3. The maximum absolute atomic E-state index is 11.4. The average molecular weight is 279 g/mol. The SMILES string of the molecule is COC(=O)Cc1c(C)nn(-c2nc(C)c(C)s2)c1C. The van der Waals surface area contributed by atoms with Crippen molar-refractivity contribution in [3.63, 3.8) is 0 Å². The first-order valence-electron chi connectivity index (χ1n) is 6.00. The molecule has 0 radical (unpaired) electrons. The van der Waals surface area contributed by atoms with Crippen molar-refractivity contribution in [2.45, 2.75) is 34.1 Å². The van der Waals surface area contributed by atoms with Gasteiger partial charge in [-0.15, -0.1) is 0 Å². The van der Waals surface area contributed by atoms with Gasteiger partial charge in [-0.25, -0.2) is 9.67 Å². The van der Waals surface area contributed by atoms with Crippen LogP contribution >= 0.6 is 11.3 Å². The van der Waals surface area contributed by atoms with E-state index in [-0.39, 0.29) is 12.4 Å². The topological polar surface area (TPSA) is 57.0 Å². The third-order valence-corrected chi connectivity index (χ3v) is 4.24. The van der Waals surface area contributed by atoms with Gasteiger partial charge in [0.1, 0.15) is 0 Å². The second-order valence-corrected chi connectivity index (χ2v) is 5.63. The van der Waals surface area contributed by atoms with Crippen LogP contribution in [0.1, 0.15) is 27.5 Å². The van der Waals surface area contributed by atoms with E-state index in [1.807, 2.05) is 27.7 Å². The molecule has 0 spiro atoms. The number of aryl methyl sites for hydroxylation is 3. The first kappa shape index (κ1) is 13.7. The van der Waals surface area contributed by atoms with Crippen molar-refractivity contribution < 1.29 is 9.53 Å². The van der Waals surface area contributed by atoms with Crippen LogP contribution in [-0.4, -0.2) is 27.8 Å². The van der Waals surface area contributed by atoms with Gasteiger partial charge in [-0.3, -0.25) is 4.79 Å². The molecule has 102 valence electrons. The number of hydrogen-bond donors (Lipinski definition) is 0. The van der Waals surface area contributed by atoms with Gasteiger partial charge in [0.05, 0.1) is 24.9 Å². The van der Waals surface area contributed by atoms with Gasteiger partial charge in [-0.2, -0.15) is 5.10 Å². The van der Waals surface area contributed by atoms with Crippen LogP contribution in [0.5, 0.6) is 0 Å². The summed E-state index contributed by atoms with van der Waals surface area (Å²) in [6.45, 7) is 7.87. The van der Waals surface area contributed by atoms with E-state index in [2.05, 4.69) is 10.1 Å². The van der Waals surface area contributed by atoms with E-state index in [0.29, 0.717) is 0 Å². The van der Waals surface area contributed by atoms with E-state index in [4.69, 9.17) is 4.74 Å². The van der Waals surface area contributed by atoms with Crippen LogP contribution in [0.4, 0.5) is 0 Å². The summed E-state index contributed by atoms with van der Waals surface area (Å²) in [7, 11) is 1.39. The van der Waals surface area contributed by atoms with Crippen molar-refractivity contribution in [2.24, 2.45) is 0 Å². The van der Waals surface area contributed by atoms with E-state index in [9.17, 15) is 4.79 Å². The third-order valence-electron chi connectivity index (χ3n) is 3.19. The highest BCUT2D eigenvalue weighted by Crippen LogP contribution is 2.24. The molecule has 0 aliphatic carbocycles. The minimum atomic E-state index is -0.253. The zero-order valence-electron chi connectivity index (χ0n) is 11.8. The van der Waals surface area contributed by atoms with Crippen LogP contribution in [0, 0.1) is 27.7 Å². The van der Waals surface area contributed by atoms with Crippen molar-refractivity contribution in [1.29, 1.82) is 0 Å². The predicted molar refractivity (Wildman–Crippen MR) is 73.9 cm³/mol. The van der Waals surface area contributed by atoms with Gasteiger partial charge < -0.3 is 4.74 Å². The van der Waals surface area contributed by atoms with E-state index in [1.165, 1.54) is 12.0 Å². The van der Waals surface area contributed by atoms with Crippen LogP contribution in [0.25, 0.3) is 5.13 Å². The molecule has 0 aromatic carbocycles. The van der Waals surface area contributed by atoms with Crippen LogP contribution in [-0.2, 0) is 16.0 Å². The molecular formula is C13H17N3O2S. The summed E-state index contributed by atoms with van der Waals surface area (Å²) in [5.74, 6) is -0.253. The van der Waals surface area contributed by atoms with Crippen molar-refractivity contribution in [1.82, 2.24) is 14.8 Å². The molecule has 2 rings (SSSR count). The largest absolute Gasteiger partial charge is 0.469 e. The van der Waals surface area contributed by atoms with Gasteiger partial charge in [0.2, 0.25) is 5.13 Å². The van der Waals surface area contributed by atoms with E-state index in [1.54, 1.807) is 16.0 Å². The van der Waals surface area contributed by atoms with E-state index >= 15 is 0 Å². The van der Waals surface area contributed by atoms with Crippen LogP contribution in [0.2, 0.25) is 0 Å². The molecule has 0 N–H and O–H groups in total. The molecule has 0 aliphatic heterocycles. The molecule has 0 saturated carbocycles. The highest BCUT2D eigenvalue weighted by atomic mass is 32.1. The fourth-order valence-corrected chi connectivity index (χ4v) is 2.79. The molecule has 0 saturated heterocycles. The Morgan fingerprint density at radius 3 is 2.47 bits per heavy atom. The Kier molecular flexibility index (Phi) is 3.71. The van der Waals surface area contributed by atoms with Gasteiger partial charge in [-0.05, 0) is 27.7 Å². The Hall–Kier alpha value is -1.69. The lowest BCUT2D eigenvalue weighted by Gasteiger charge is -2.01. The first-order chi connectivity index (χ1) is 8.93. The average Bonchev–Trinajstić information content (AvgIpc) is 2.83. The van der Waals surface area contributed by atoms with Crippen LogP contribution < -0.4 is 0 Å². The predicted octanol–water partition coefficient (Wildman–Crippen LogP) is 2.28. The highest BCUT2D eigenvalue weighted by Gasteiger charge is 2.18. The Morgan fingerprint density at radius 1 is 1.26 bits per heavy atom. The summed E-state index contributed by atoms with van der Waals surface area (Å²) in [6.07, 6.45) is 0.248. The number of esters is 1. The highest BCUT2D eigenvalue weighted by molar-refractivity contribution is 7.14. The number of carbonyl (C=O) groups is 1. The molecule has 0 unspecified atom stereocenters. The van der Waals surface area contributed by atoms with Gasteiger partial charge in [0.15, 0.2) is 0 Å². The molecule has 2 heterocycles. The normalized spacial score (nSPS) is 10.8. The molecule has 0 aliphatic rings. The second-order valence-electron chi connectivity index (χ2n) is 4.45. The molecule has 0 amide bonds.